The Labute approximate surface area is 166 Å². The molecule has 144 valence electrons. The Morgan fingerprint density at radius 3 is 2.64 bits per heavy atom. The Morgan fingerprint density at radius 1 is 1.14 bits per heavy atom. The molecule has 0 aliphatic rings. The molecule has 3 N–H and O–H groups in total. The van der Waals surface area contributed by atoms with Gasteiger partial charge in [0, 0.05) is 23.4 Å². The van der Waals surface area contributed by atoms with E-state index in [4.69, 9.17) is 16.0 Å². The second kappa shape index (κ2) is 8.58. The van der Waals surface area contributed by atoms with E-state index < -0.39 is 11.8 Å². The van der Waals surface area contributed by atoms with Crippen molar-refractivity contribution in [3.63, 3.8) is 0 Å². The molecule has 0 aliphatic carbocycles. The van der Waals surface area contributed by atoms with E-state index in [2.05, 4.69) is 15.8 Å². The van der Waals surface area contributed by atoms with E-state index in [1.807, 2.05) is 31.2 Å². The number of aromatic hydroxyl groups is 1. The fourth-order valence-corrected chi connectivity index (χ4v) is 2.62. The number of hydrazine groups is 1. The third-order valence-corrected chi connectivity index (χ3v) is 4.21. The lowest BCUT2D eigenvalue weighted by molar-refractivity contribution is -0.121. The van der Waals surface area contributed by atoms with Crippen molar-refractivity contribution in [2.75, 3.05) is 0 Å². The molecule has 0 radical (unpaired) electrons. The minimum absolute atomic E-state index is 0.0387. The second-order valence-electron chi connectivity index (χ2n) is 6.15. The number of phenols is 1. The molecular formula is C20H18ClN3O4. The van der Waals surface area contributed by atoms with Crippen LogP contribution in [0.4, 0.5) is 0 Å². The zero-order valence-electron chi connectivity index (χ0n) is 15.0. The van der Waals surface area contributed by atoms with E-state index in [1.54, 1.807) is 6.20 Å². The molecule has 8 heteroatoms. The summed E-state index contributed by atoms with van der Waals surface area (Å²) in [7, 11) is 0. The molecule has 0 unspecified atom stereocenters. The van der Waals surface area contributed by atoms with E-state index in [-0.39, 0.29) is 24.2 Å². The number of rotatable bonds is 5. The number of halogens is 1. The standard InChI is InChI=1S/C20H18ClN3O4/c1-12-2-4-13(5-3-12)17-11-22-19(28-17)9-8-18(26)23-24-20(27)15-10-14(21)6-7-16(15)25/h2-7,10-11,25H,8-9H2,1H3,(H,23,26)(H,24,27). The van der Waals surface area contributed by atoms with Gasteiger partial charge in [0.2, 0.25) is 5.91 Å². The first-order valence-electron chi connectivity index (χ1n) is 8.52. The number of nitrogens with one attached hydrogen (secondary N) is 2. The molecule has 0 saturated carbocycles. The van der Waals surface area contributed by atoms with Gasteiger partial charge >= 0.3 is 0 Å². The molecular weight excluding hydrogens is 382 g/mol. The number of benzene rings is 2. The first kappa shape index (κ1) is 19.4. The van der Waals surface area contributed by atoms with Crippen LogP contribution in [0.5, 0.6) is 5.75 Å². The molecule has 0 spiro atoms. The number of phenolic OH excluding ortho intramolecular Hbond substituents is 1. The molecule has 7 nitrogen and oxygen atoms in total. The van der Waals surface area contributed by atoms with Crippen LogP contribution in [-0.4, -0.2) is 21.9 Å². The maximum atomic E-state index is 12.0. The van der Waals surface area contributed by atoms with Crippen molar-refractivity contribution in [1.82, 2.24) is 15.8 Å². The number of carbonyl (C=O) groups excluding carboxylic acids is 2. The van der Waals surface area contributed by atoms with Gasteiger partial charge in [0.05, 0.1) is 11.8 Å². The number of hydrogen-bond donors (Lipinski definition) is 3. The summed E-state index contributed by atoms with van der Waals surface area (Å²) in [5, 5.41) is 9.98. The summed E-state index contributed by atoms with van der Waals surface area (Å²) >= 11 is 5.80. The predicted molar refractivity (Wildman–Crippen MR) is 104 cm³/mol. The average Bonchev–Trinajstić information content (AvgIpc) is 3.16. The Morgan fingerprint density at radius 2 is 1.89 bits per heavy atom. The molecule has 0 fully saturated rings. The van der Waals surface area contributed by atoms with Crippen molar-refractivity contribution in [3.05, 3.63) is 70.7 Å². The van der Waals surface area contributed by atoms with Crippen LogP contribution < -0.4 is 10.9 Å². The van der Waals surface area contributed by atoms with Crippen LogP contribution in [0.3, 0.4) is 0 Å². The van der Waals surface area contributed by atoms with Crippen molar-refractivity contribution in [2.45, 2.75) is 19.8 Å². The van der Waals surface area contributed by atoms with Crippen LogP contribution in [-0.2, 0) is 11.2 Å². The Bertz CT molecular complexity index is 999. The molecule has 28 heavy (non-hydrogen) atoms. The van der Waals surface area contributed by atoms with Gasteiger partial charge in [-0.15, -0.1) is 0 Å². The van der Waals surface area contributed by atoms with Crippen molar-refractivity contribution in [1.29, 1.82) is 0 Å². The molecule has 3 rings (SSSR count). The first-order valence-corrected chi connectivity index (χ1v) is 8.89. The normalized spacial score (nSPS) is 10.5. The number of hydrogen-bond acceptors (Lipinski definition) is 5. The minimum Gasteiger partial charge on any atom is -0.507 e. The van der Waals surface area contributed by atoms with Crippen molar-refractivity contribution in [2.24, 2.45) is 0 Å². The largest absolute Gasteiger partial charge is 0.507 e. The summed E-state index contributed by atoms with van der Waals surface area (Å²) in [5.74, 6) is -0.291. The summed E-state index contributed by atoms with van der Waals surface area (Å²) in [5.41, 5.74) is 6.52. The smallest absolute Gasteiger partial charge is 0.273 e. The minimum atomic E-state index is -0.675. The fraction of sp³-hybridized carbons (Fsp3) is 0.150. The molecule has 0 aliphatic heterocycles. The summed E-state index contributed by atoms with van der Waals surface area (Å²) in [6.45, 7) is 2.00. The van der Waals surface area contributed by atoms with Gasteiger partial charge in [-0.2, -0.15) is 0 Å². The molecule has 2 aromatic carbocycles. The molecule has 2 amide bonds. The summed E-state index contributed by atoms with van der Waals surface area (Å²) in [6, 6.07) is 11.9. The first-order chi connectivity index (χ1) is 13.4. The Hall–Kier alpha value is -3.32. The third kappa shape index (κ3) is 4.89. The highest BCUT2D eigenvalue weighted by atomic mass is 35.5. The van der Waals surface area contributed by atoms with Crippen LogP contribution in [0.2, 0.25) is 5.02 Å². The Kier molecular flexibility index (Phi) is 5.96. The summed E-state index contributed by atoms with van der Waals surface area (Å²) in [6.07, 6.45) is 1.95. The van der Waals surface area contributed by atoms with Gasteiger partial charge in [-0.05, 0) is 25.1 Å². The van der Waals surface area contributed by atoms with Gasteiger partial charge in [-0.1, -0.05) is 41.4 Å². The molecule has 1 heterocycles. The predicted octanol–water partition coefficient (Wildman–Crippen LogP) is 3.40. The van der Waals surface area contributed by atoms with Gasteiger partial charge in [0.1, 0.15) is 5.75 Å². The lowest BCUT2D eigenvalue weighted by Crippen LogP contribution is -2.41. The summed E-state index contributed by atoms with van der Waals surface area (Å²) in [4.78, 5) is 28.1. The molecule has 0 atom stereocenters. The quantitative estimate of drug-likeness (QED) is 0.570. The van der Waals surface area contributed by atoms with Gasteiger partial charge in [-0.25, -0.2) is 4.98 Å². The van der Waals surface area contributed by atoms with Crippen LogP contribution >= 0.6 is 11.6 Å². The molecule has 0 bridgehead atoms. The highest BCUT2D eigenvalue weighted by molar-refractivity contribution is 6.31. The van der Waals surface area contributed by atoms with E-state index in [1.165, 1.54) is 18.2 Å². The zero-order chi connectivity index (χ0) is 20.1. The van der Waals surface area contributed by atoms with E-state index in [9.17, 15) is 14.7 Å². The van der Waals surface area contributed by atoms with Gasteiger partial charge in [0.15, 0.2) is 11.7 Å². The third-order valence-electron chi connectivity index (χ3n) is 3.97. The monoisotopic (exact) mass is 399 g/mol. The molecule has 3 aromatic rings. The van der Waals surface area contributed by atoms with E-state index in [0.717, 1.165) is 11.1 Å². The topological polar surface area (TPSA) is 104 Å². The van der Waals surface area contributed by atoms with E-state index in [0.29, 0.717) is 16.7 Å². The SMILES string of the molecule is Cc1ccc(-c2cnc(CCC(=O)NNC(=O)c3cc(Cl)ccc3O)o2)cc1. The van der Waals surface area contributed by atoms with Gasteiger partial charge in [0.25, 0.3) is 5.91 Å². The van der Waals surface area contributed by atoms with Crippen LogP contribution in [0.1, 0.15) is 28.2 Å². The second-order valence-corrected chi connectivity index (χ2v) is 6.58. The van der Waals surface area contributed by atoms with Crippen molar-refractivity contribution in [3.8, 4) is 17.1 Å². The maximum absolute atomic E-state index is 12.0. The van der Waals surface area contributed by atoms with Crippen molar-refractivity contribution < 1.29 is 19.1 Å². The molecule has 0 saturated heterocycles. The highest BCUT2D eigenvalue weighted by Gasteiger charge is 2.13. The Balaban J connectivity index is 1.50. The lowest BCUT2D eigenvalue weighted by atomic mass is 10.1. The van der Waals surface area contributed by atoms with Crippen molar-refractivity contribution >= 4 is 23.4 Å². The number of oxazole rings is 1. The van der Waals surface area contributed by atoms with Crippen LogP contribution in [0.15, 0.2) is 53.1 Å². The van der Waals surface area contributed by atoms with Gasteiger partial charge in [-0.3, -0.25) is 20.4 Å². The number of nitrogens with zero attached hydrogens (tertiary/aromatic N) is 1. The lowest BCUT2D eigenvalue weighted by Gasteiger charge is -2.08. The number of aryl methyl sites for hydroxylation is 2. The van der Waals surface area contributed by atoms with Crippen LogP contribution in [0.25, 0.3) is 11.3 Å². The zero-order valence-corrected chi connectivity index (χ0v) is 15.8. The summed E-state index contributed by atoms with van der Waals surface area (Å²) < 4.78 is 5.66. The highest BCUT2D eigenvalue weighted by Crippen LogP contribution is 2.22. The van der Waals surface area contributed by atoms with Crippen LogP contribution in [0, 0.1) is 6.92 Å². The number of carbonyl (C=O) groups is 2. The van der Waals surface area contributed by atoms with E-state index >= 15 is 0 Å². The molecule has 1 aromatic heterocycles. The number of aromatic nitrogens is 1. The number of amides is 2. The average molecular weight is 400 g/mol. The van der Waals surface area contributed by atoms with Gasteiger partial charge < -0.3 is 9.52 Å². The fourth-order valence-electron chi connectivity index (χ4n) is 2.44. The maximum Gasteiger partial charge on any atom is 0.273 e.